The molecule has 0 saturated heterocycles. The number of carbonyl (C=O) groups is 1. The molecule has 0 fully saturated rings. The van der Waals surface area contributed by atoms with Crippen molar-refractivity contribution in [3.63, 3.8) is 0 Å². The minimum absolute atomic E-state index is 0.0388. The number of hydrogen-bond acceptors (Lipinski definition) is 3. The molecule has 1 amide bonds. The SMILES string of the molecule is Cc1ccncc1NC(=O)CNC(c1ccccc1)c1ccccc1. The number of carbonyl (C=O) groups excluding carboxylic acids is 1. The summed E-state index contributed by atoms with van der Waals surface area (Å²) in [5, 5.41) is 6.26. The second-order valence-electron chi connectivity index (χ2n) is 5.87. The maximum atomic E-state index is 12.3. The zero-order valence-corrected chi connectivity index (χ0v) is 14.1. The van der Waals surface area contributed by atoms with Crippen molar-refractivity contribution in [1.29, 1.82) is 0 Å². The lowest BCUT2D eigenvalue weighted by Gasteiger charge is -2.20. The zero-order valence-electron chi connectivity index (χ0n) is 14.1. The average molecular weight is 331 g/mol. The Labute approximate surface area is 147 Å². The molecule has 126 valence electrons. The highest BCUT2D eigenvalue weighted by Crippen LogP contribution is 2.21. The lowest BCUT2D eigenvalue weighted by molar-refractivity contribution is -0.115. The van der Waals surface area contributed by atoms with Gasteiger partial charge in [-0.25, -0.2) is 0 Å². The summed E-state index contributed by atoms with van der Waals surface area (Å²) in [5.74, 6) is -0.0898. The highest BCUT2D eigenvalue weighted by molar-refractivity contribution is 5.92. The Morgan fingerprint density at radius 1 is 0.960 bits per heavy atom. The zero-order chi connectivity index (χ0) is 17.5. The van der Waals surface area contributed by atoms with Gasteiger partial charge in [-0.1, -0.05) is 60.7 Å². The fourth-order valence-electron chi connectivity index (χ4n) is 2.70. The first kappa shape index (κ1) is 16.9. The number of hydrogen-bond donors (Lipinski definition) is 2. The van der Waals surface area contributed by atoms with Crippen LogP contribution in [0.2, 0.25) is 0 Å². The summed E-state index contributed by atoms with van der Waals surface area (Å²) in [6.07, 6.45) is 3.38. The van der Waals surface area contributed by atoms with Gasteiger partial charge in [0, 0.05) is 6.20 Å². The molecule has 4 nitrogen and oxygen atoms in total. The summed E-state index contributed by atoms with van der Waals surface area (Å²) in [4.78, 5) is 16.4. The molecule has 0 saturated carbocycles. The number of aromatic nitrogens is 1. The van der Waals surface area contributed by atoms with Gasteiger partial charge in [0.05, 0.1) is 24.5 Å². The third-order valence-electron chi connectivity index (χ3n) is 4.05. The standard InChI is InChI=1S/C21H21N3O/c1-16-12-13-22-14-19(16)24-20(25)15-23-21(17-8-4-2-5-9-17)18-10-6-3-7-11-18/h2-14,21,23H,15H2,1H3,(H,24,25). The predicted octanol–water partition coefficient (Wildman–Crippen LogP) is 3.71. The predicted molar refractivity (Wildman–Crippen MR) is 100 cm³/mol. The molecule has 0 aliphatic heterocycles. The van der Waals surface area contributed by atoms with E-state index < -0.39 is 0 Å². The number of pyridine rings is 1. The van der Waals surface area contributed by atoms with Crippen molar-refractivity contribution in [2.24, 2.45) is 0 Å². The van der Waals surface area contributed by atoms with Crippen molar-refractivity contribution >= 4 is 11.6 Å². The summed E-state index contributed by atoms with van der Waals surface area (Å²) in [7, 11) is 0. The van der Waals surface area contributed by atoms with Crippen LogP contribution in [-0.2, 0) is 4.79 Å². The Kier molecular flexibility index (Phi) is 5.54. The largest absolute Gasteiger partial charge is 0.323 e. The van der Waals surface area contributed by atoms with Gasteiger partial charge < -0.3 is 5.32 Å². The summed E-state index contributed by atoms with van der Waals surface area (Å²) in [5.41, 5.74) is 3.98. The smallest absolute Gasteiger partial charge is 0.238 e. The van der Waals surface area contributed by atoms with Crippen LogP contribution in [0, 0.1) is 6.92 Å². The van der Waals surface area contributed by atoms with Crippen molar-refractivity contribution in [3.05, 3.63) is 95.8 Å². The number of benzene rings is 2. The summed E-state index contributed by atoms with van der Waals surface area (Å²) >= 11 is 0. The van der Waals surface area contributed by atoms with Crippen LogP contribution < -0.4 is 10.6 Å². The van der Waals surface area contributed by atoms with Crippen LogP contribution >= 0.6 is 0 Å². The van der Waals surface area contributed by atoms with E-state index in [1.165, 1.54) is 0 Å². The van der Waals surface area contributed by atoms with Crippen LogP contribution in [0.25, 0.3) is 0 Å². The maximum absolute atomic E-state index is 12.3. The molecule has 0 aliphatic carbocycles. The fourth-order valence-corrected chi connectivity index (χ4v) is 2.70. The number of rotatable bonds is 6. The van der Waals surface area contributed by atoms with Gasteiger partial charge >= 0.3 is 0 Å². The Morgan fingerprint density at radius 3 is 2.12 bits per heavy atom. The van der Waals surface area contributed by atoms with Crippen LogP contribution in [-0.4, -0.2) is 17.4 Å². The Bertz CT molecular complexity index is 779. The summed E-state index contributed by atoms with van der Waals surface area (Å²) in [6.45, 7) is 2.16. The third-order valence-corrected chi connectivity index (χ3v) is 4.05. The minimum Gasteiger partial charge on any atom is -0.323 e. The first-order valence-electron chi connectivity index (χ1n) is 8.28. The van der Waals surface area contributed by atoms with E-state index in [1.807, 2.05) is 49.4 Å². The first-order valence-corrected chi connectivity index (χ1v) is 8.28. The molecule has 0 bridgehead atoms. The quantitative estimate of drug-likeness (QED) is 0.724. The van der Waals surface area contributed by atoms with Gasteiger partial charge in [-0.15, -0.1) is 0 Å². The van der Waals surface area contributed by atoms with Gasteiger partial charge in [-0.2, -0.15) is 0 Å². The van der Waals surface area contributed by atoms with E-state index >= 15 is 0 Å². The van der Waals surface area contributed by atoms with Crippen molar-refractivity contribution in [2.45, 2.75) is 13.0 Å². The van der Waals surface area contributed by atoms with Crippen LogP contribution in [0.5, 0.6) is 0 Å². The number of nitrogens with zero attached hydrogens (tertiary/aromatic N) is 1. The minimum atomic E-state index is -0.0898. The summed E-state index contributed by atoms with van der Waals surface area (Å²) in [6, 6.07) is 22.1. The van der Waals surface area contributed by atoms with Crippen LogP contribution in [0.15, 0.2) is 79.1 Å². The van der Waals surface area contributed by atoms with E-state index in [0.29, 0.717) is 0 Å². The molecule has 0 aliphatic rings. The number of anilines is 1. The molecule has 1 heterocycles. The van der Waals surface area contributed by atoms with E-state index in [-0.39, 0.29) is 18.5 Å². The molecule has 0 unspecified atom stereocenters. The lowest BCUT2D eigenvalue weighted by atomic mass is 9.99. The third kappa shape index (κ3) is 4.52. The highest BCUT2D eigenvalue weighted by Gasteiger charge is 2.15. The van der Waals surface area contributed by atoms with Gasteiger partial charge in [0.2, 0.25) is 5.91 Å². The van der Waals surface area contributed by atoms with E-state index in [1.54, 1.807) is 12.4 Å². The molecule has 0 spiro atoms. The topological polar surface area (TPSA) is 54.0 Å². The van der Waals surface area contributed by atoms with E-state index in [9.17, 15) is 4.79 Å². The van der Waals surface area contributed by atoms with Gasteiger partial charge in [0.15, 0.2) is 0 Å². The molecular weight excluding hydrogens is 310 g/mol. The van der Waals surface area contributed by atoms with Gasteiger partial charge in [0.25, 0.3) is 0 Å². The first-order chi connectivity index (χ1) is 12.2. The van der Waals surface area contributed by atoms with Crippen LogP contribution in [0.1, 0.15) is 22.7 Å². The second kappa shape index (κ2) is 8.22. The average Bonchev–Trinajstić information content (AvgIpc) is 2.66. The second-order valence-corrected chi connectivity index (χ2v) is 5.87. The molecule has 2 N–H and O–H groups in total. The molecule has 3 rings (SSSR count). The molecule has 4 heteroatoms. The Balaban J connectivity index is 1.71. The lowest BCUT2D eigenvalue weighted by Crippen LogP contribution is -2.32. The molecular formula is C21H21N3O. The number of nitrogens with one attached hydrogen (secondary N) is 2. The van der Waals surface area contributed by atoms with E-state index in [4.69, 9.17) is 0 Å². The van der Waals surface area contributed by atoms with Crippen molar-refractivity contribution < 1.29 is 4.79 Å². The van der Waals surface area contributed by atoms with E-state index in [2.05, 4.69) is 39.9 Å². The van der Waals surface area contributed by atoms with Gasteiger partial charge in [-0.3, -0.25) is 15.1 Å². The molecule has 1 aromatic heterocycles. The molecule has 2 aromatic carbocycles. The summed E-state index contributed by atoms with van der Waals surface area (Å²) < 4.78 is 0. The number of amides is 1. The van der Waals surface area contributed by atoms with Crippen molar-refractivity contribution in [1.82, 2.24) is 10.3 Å². The Hall–Kier alpha value is -2.98. The maximum Gasteiger partial charge on any atom is 0.238 e. The number of aryl methyl sites for hydroxylation is 1. The van der Waals surface area contributed by atoms with Crippen molar-refractivity contribution in [2.75, 3.05) is 11.9 Å². The Morgan fingerprint density at radius 2 is 1.56 bits per heavy atom. The van der Waals surface area contributed by atoms with Crippen LogP contribution in [0.3, 0.4) is 0 Å². The molecule has 0 radical (unpaired) electrons. The molecule has 0 atom stereocenters. The highest BCUT2D eigenvalue weighted by atomic mass is 16.1. The van der Waals surface area contributed by atoms with Crippen LogP contribution in [0.4, 0.5) is 5.69 Å². The normalized spacial score (nSPS) is 10.6. The fraction of sp³-hybridized carbons (Fsp3) is 0.143. The monoisotopic (exact) mass is 331 g/mol. The van der Waals surface area contributed by atoms with Gasteiger partial charge in [-0.05, 0) is 29.7 Å². The van der Waals surface area contributed by atoms with E-state index in [0.717, 1.165) is 22.4 Å². The van der Waals surface area contributed by atoms with Gasteiger partial charge in [0.1, 0.15) is 0 Å². The molecule has 25 heavy (non-hydrogen) atoms. The molecule has 3 aromatic rings. The van der Waals surface area contributed by atoms with Crippen molar-refractivity contribution in [3.8, 4) is 0 Å².